The van der Waals surface area contributed by atoms with Crippen LogP contribution in [0.1, 0.15) is 31.7 Å². The molecule has 0 amide bonds. The number of aromatic nitrogens is 1. The zero-order valence-electron chi connectivity index (χ0n) is 10.3. The van der Waals surface area contributed by atoms with E-state index in [0.717, 1.165) is 43.8 Å². The maximum Gasteiger partial charge on any atom is 0.137 e. The average Bonchev–Trinajstić information content (AvgIpc) is 2.38. The van der Waals surface area contributed by atoms with Gasteiger partial charge in [0.1, 0.15) is 5.75 Å². The van der Waals surface area contributed by atoms with Crippen LogP contribution in [0.4, 0.5) is 0 Å². The van der Waals surface area contributed by atoms with Crippen LogP contribution in [0.2, 0.25) is 0 Å². The predicted octanol–water partition coefficient (Wildman–Crippen LogP) is 1.83. The standard InChI is InChI=1S/C13H20N2O2/c1-2-5-17-12-8-11(9-15-10-12)13(14)3-6-16-7-4-13/h8-10H,2-7,14H2,1H3. The minimum absolute atomic E-state index is 0.309. The van der Waals surface area contributed by atoms with Crippen molar-refractivity contribution in [2.75, 3.05) is 19.8 Å². The highest BCUT2D eigenvalue weighted by atomic mass is 16.5. The molecule has 4 heteroatoms. The minimum atomic E-state index is -0.309. The van der Waals surface area contributed by atoms with Gasteiger partial charge in [-0.3, -0.25) is 4.98 Å². The summed E-state index contributed by atoms with van der Waals surface area (Å²) in [6.45, 7) is 4.24. The predicted molar refractivity (Wildman–Crippen MR) is 65.9 cm³/mol. The molecular formula is C13H20N2O2. The molecule has 0 atom stereocenters. The number of ether oxygens (including phenoxy) is 2. The molecule has 0 aliphatic carbocycles. The quantitative estimate of drug-likeness (QED) is 0.866. The van der Waals surface area contributed by atoms with Crippen LogP contribution in [0.5, 0.6) is 5.75 Å². The molecule has 4 nitrogen and oxygen atoms in total. The van der Waals surface area contributed by atoms with Crippen molar-refractivity contribution >= 4 is 0 Å². The molecule has 0 saturated carbocycles. The lowest BCUT2D eigenvalue weighted by Gasteiger charge is -2.33. The lowest BCUT2D eigenvalue weighted by molar-refractivity contribution is 0.0520. The Morgan fingerprint density at radius 1 is 1.41 bits per heavy atom. The number of nitrogens with zero attached hydrogens (tertiary/aromatic N) is 1. The van der Waals surface area contributed by atoms with E-state index in [4.69, 9.17) is 15.2 Å². The molecule has 1 aliphatic heterocycles. The van der Waals surface area contributed by atoms with Gasteiger partial charge in [-0.2, -0.15) is 0 Å². The lowest BCUT2D eigenvalue weighted by Crippen LogP contribution is -2.42. The summed E-state index contributed by atoms with van der Waals surface area (Å²) in [4.78, 5) is 4.21. The van der Waals surface area contributed by atoms with Gasteiger partial charge in [-0.05, 0) is 30.9 Å². The fraction of sp³-hybridized carbons (Fsp3) is 0.615. The topological polar surface area (TPSA) is 57.4 Å². The molecule has 0 unspecified atom stereocenters. The van der Waals surface area contributed by atoms with E-state index in [1.165, 1.54) is 0 Å². The molecule has 0 radical (unpaired) electrons. The van der Waals surface area contributed by atoms with Gasteiger partial charge in [-0.1, -0.05) is 6.92 Å². The van der Waals surface area contributed by atoms with Crippen LogP contribution in [-0.4, -0.2) is 24.8 Å². The van der Waals surface area contributed by atoms with Crippen LogP contribution in [-0.2, 0) is 10.3 Å². The summed E-state index contributed by atoms with van der Waals surface area (Å²) in [5.41, 5.74) is 7.14. The normalized spacial score (nSPS) is 18.9. The molecule has 0 spiro atoms. The summed E-state index contributed by atoms with van der Waals surface area (Å²) in [5.74, 6) is 0.806. The molecule has 1 fully saturated rings. The number of pyridine rings is 1. The maximum atomic E-state index is 6.40. The van der Waals surface area contributed by atoms with E-state index in [1.54, 1.807) is 6.20 Å². The maximum absolute atomic E-state index is 6.40. The van der Waals surface area contributed by atoms with Crippen LogP contribution in [0.15, 0.2) is 18.5 Å². The third-order valence-corrected chi connectivity index (χ3v) is 3.15. The van der Waals surface area contributed by atoms with E-state index < -0.39 is 0 Å². The smallest absolute Gasteiger partial charge is 0.137 e. The van der Waals surface area contributed by atoms with Gasteiger partial charge >= 0.3 is 0 Å². The molecule has 1 saturated heterocycles. The molecule has 0 bridgehead atoms. The third kappa shape index (κ3) is 2.96. The summed E-state index contributed by atoms with van der Waals surface area (Å²) >= 11 is 0. The van der Waals surface area contributed by atoms with E-state index in [-0.39, 0.29) is 5.54 Å². The van der Waals surface area contributed by atoms with E-state index in [9.17, 15) is 0 Å². The number of nitrogens with two attached hydrogens (primary N) is 1. The highest BCUT2D eigenvalue weighted by Crippen LogP contribution is 2.30. The molecule has 1 aliphatic rings. The van der Waals surface area contributed by atoms with Crippen LogP contribution in [0.25, 0.3) is 0 Å². The van der Waals surface area contributed by atoms with Crippen LogP contribution >= 0.6 is 0 Å². The van der Waals surface area contributed by atoms with Crippen molar-refractivity contribution in [3.8, 4) is 5.75 Å². The zero-order chi connectivity index (χ0) is 12.1. The molecule has 2 heterocycles. The Kier molecular flexibility index (Phi) is 3.97. The number of hydrogen-bond acceptors (Lipinski definition) is 4. The van der Waals surface area contributed by atoms with Crippen molar-refractivity contribution in [3.05, 3.63) is 24.0 Å². The van der Waals surface area contributed by atoms with Crippen molar-refractivity contribution in [1.29, 1.82) is 0 Å². The summed E-state index contributed by atoms with van der Waals surface area (Å²) in [6, 6.07) is 2.01. The fourth-order valence-corrected chi connectivity index (χ4v) is 2.01. The summed E-state index contributed by atoms with van der Waals surface area (Å²) in [7, 11) is 0. The minimum Gasteiger partial charge on any atom is -0.492 e. The van der Waals surface area contributed by atoms with Gasteiger partial charge < -0.3 is 15.2 Å². The van der Waals surface area contributed by atoms with Crippen LogP contribution < -0.4 is 10.5 Å². The fourth-order valence-electron chi connectivity index (χ4n) is 2.01. The monoisotopic (exact) mass is 236 g/mol. The van der Waals surface area contributed by atoms with Gasteiger partial charge in [0.25, 0.3) is 0 Å². The first kappa shape index (κ1) is 12.3. The molecule has 1 aromatic rings. The van der Waals surface area contributed by atoms with Gasteiger partial charge in [0, 0.05) is 24.9 Å². The highest BCUT2D eigenvalue weighted by molar-refractivity contribution is 5.29. The largest absolute Gasteiger partial charge is 0.492 e. The third-order valence-electron chi connectivity index (χ3n) is 3.15. The molecule has 1 aromatic heterocycles. The lowest BCUT2D eigenvalue weighted by atomic mass is 9.85. The van der Waals surface area contributed by atoms with Gasteiger partial charge in [0.2, 0.25) is 0 Å². The SMILES string of the molecule is CCCOc1cncc(C2(N)CCOCC2)c1. The second-order valence-corrected chi connectivity index (χ2v) is 4.53. The highest BCUT2D eigenvalue weighted by Gasteiger charge is 2.30. The van der Waals surface area contributed by atoms with Crippen molar-refractivity contribution in [3.63, 3.8) is 0 Å². The number of hydrogen-bond donors (Lipinski definition) is 1. The van der Waals surface area contributed by atoms with Gasteiger partial charge in [-0.25, -0.2) is 0 Å². The Hall–Kier alpha value is -1.13. The van der Waals surface area contributed by atoms with E-state index >= 15 is 0 Å². The first-order valence-electron chi connectivity index (χ1n) is 6.19. The molecule has 2 N–H and O–H groups in total. The van der Waals surface area contributed by atoms with Crippen molar-refractivity contribution in [2.24, 2.45) is 5.73 Å². The first-order valence-corrected chi connectivity index (χ1v) is 6.19. The van der Waals surface area contributed by atoms with Crippen molar-refractivity contribution in [1.82, 2.24) is 4.98 Å². The van der Waals surface area contributed by atoms with Crippen LogP contribution in [0.3, 0.4) is 0 Å². The molecular weight excluding hydrogens is 216 g/mol. The van der Waals surface area contributed by atoms with Gasteiger partial charge in [-0.15, -0.1) is 0 Å². The Balaban J connectivity index is 2.14. The van der Waals surface area contributed by atoms with Crippen molar-refractivity contribution in [2.45, 2.75) is 31.7 Å². The summed E-state index contributed by atoms with van der Waals surface area (Å²) in [5, 5.41) is 0. The molecule has 2 rings (SSSR count). The average molecular weight is 236 g/mol. The zero-order valence-corrected chi connectivity index (χ0v) is 10.3. The van der Waals surface area contributed by atoms with Crippen molar-refractivity contribution < 1.29 is 9.47 Å². The Morgan fingerprint density at radius 3 is 2.88 bits per heavy atom. The Labute approximate surface area is 102 Å². The number of rotatable bonds is 4. The first-order chi connectivity index (χ1) is 8.24. The Bertz CT molecular complexity index is 362. The van der Waals surface area contributed by atoms with E-state index in [2.05, 4.69) is 11.9 Å². The van der Waals surface area contributed by atoms with E-state index in [1.807, 2.05) is 12.3 Å². The molecule has 0 aromatic carbocycles. The summed E-state index contributed by atoms with van der Waals surface area (Å²) < 4.78 is 10.9. The van der Waals surface area contributed by atoms with E-state index in [0.29, 0.717) is 6.61 Å². The molecule has 94 valence electrons. The Morgan fingerprint density at radius 2 is 2.18 bits per heavy atom. The van der Waals surface area contributed by atoms with Gasteiger partial charge in [0.05, 0.1) is 12.8 Å². The van der Waals surface area contributed by atoms with Gasteiger partial charge in [0.15, 0.2) is 0 Å². The molecule has 17 heavy (non-hydrogen) atoms. The second kappa shape index (κ2) is 5.47. The summed E-state index contributed by atoms with van der Waals surface area (Å²) in [6.07, 6.45) is 6.25. The second-order valence-electron chi connectivity index (χ2n) is 4.53. The van der Waals surface area contributed by atoms with Crippen LogP contribution in [0, 0.1) is 0 Å².